The number of hydrogen-bond donors (Lipinski definition) is 2. The molecule has 0 unspecified atom stereocenters. The number of hydrogen-bond acceptors (Lipinski definition) is 5. The standard InChI is InChI=1S/C15H20ClN5/c1-10(2)13-14(20-17)18-9-19-15(13)21(3)8-11-6-4-5-7-12(11)16/h4-7,9-10H,8,17H2,1-3H3,(H,18,19,20). The molecule has 0 spiro atoms. The van der Waals surface area contributed by atoms with E-state index in [0.717, 1.165) is 22.0 Å². The quantitative estimate of drug-likeness (QED) is 0.656. The van der Waals surface area contributed by atoms with Crippen LogP contribution in [0.1, 0.15) is 30.9 Å². The number of anilines is 2. The van der Waals surface area contributed by atoms with Crippen LogP contribution < -0.4 is 16.2 Å². The van der Waals surface area contributed by atoms with Gasteiger partial charge in [0.1, 0.15) is 18.0 Å². The van der Waals surface area contributed by atoms with E-state index in [1.165, 1.54) is 6.33 Å². The summed E-state index contributed by atoms with van der Waals surface area (Å²) < 4.78 is 0. The van der Waals surface area contributed by atoms with Gasteiger partial charge in [0, 0.05) is 24.2 Å². The molecule has 0 bridgehead atoms. The number of rotatable bonds is 5. The van der Waals surface area contributed by atoms with E-state index in [-0.39, 0.29) is 5.92 Å². The maximum absolute atomic E-state index is 6.22. The lowest BCUT2D eigenvalue weighted by Crippen LogP contribution is -2.22. The molecule has 0 radical (unpaired) electrons. The highest BCUT2D eigenvalue weighted by molar-refractivity contribution is 6.31. The number of nitrogens with zero attached hydrogens (tertiary/aromatic N) is 3. The molecule has 0 aliphatic rings. The van der Waals surface area contributed by atoms with Crippen LogP contribution in [-0.2, 0) is 6.54 Å². The molecule has 2 rings (SSSR count). The van der Waals surface area contributed by atoms with Crippen molar-refractivity contribution < 1.29 is 0 Å². The molecule has 1 aromatic carbocycles. The van der Waals surface area contributed by atoms with Gasteiger partial charge in [0.05, 0.1) is 0 Å². The second kappa shape index (κ2) is 6.74. The van der Waals surface area contributed by atoms with E-state index in [4.69, 9.17) is 17.4 Å². The van der Waals surface area contributed by atoms with Crippen molar-refractivity contribution in [2.24, 2.45) is 5.84 Å². The molecule has 0 saturated heterocycles. The molecule has 1 heterocycles. The van der Waals surface area contributed by atoms with Crippen LogP contribution in [-0.4, -0.2) is 17.0 Å². The molecule has 0 aliphatic carbocycles. The zero-order chi connectivity index (χ0) is 15.4. The first kappa shape index (κ1) is 15.5. The molecule has 21 heavy (non-hydrogen) atoms. The molecule has 0 aliphatic heterocycles. The van der Waals surface area contributed by atoms with Gasteiger partial charge in [-0.15, -0.1) is 0 Å². The van der Waals surface area contributed by atoms with Gasteiger partial charge in [-0.25, -0.2) is 15.8 Å². The Kier molecular flexibility index (Phi) is 4.98. The minimum Gasteiger partial charge on any atom is -0.355 e. The van der Waals surface area contributed by atoms with E-state index < -0.39 is 0 Å². The summed E-state index contributed by atoms with van der Waals surface area (Å²) in [6.07, 6.45) is 1.51. The summed E-state index contributed by atoms with van der Waals surface area (Å²) in [5.41, 5.74) is 4.69. The van der Waals surface area contributed by atoms with Crippen molar-refractivity contribution in [2.45, 2.75) is 26.3 Å². The Balaban J connectivity index is 2.35. The Morgan fingerprint density at radius 1 is 1.29 bits per heavy atom. The van der Waals surface area contributed by atoms with E-state index in [2.05, 4.69) is 34.1 Å². The van der Waals surface area contributed by atoms with Crippen molar-refractivity contribution in [3.63, 3.8) is 0 Å². The highest BCUT2D eigenvalue weighted by Crippen LogP contribution is 2.31. The zero-order valence-electron chi connectivity index (χ0n) is 12.5. The minimum atomic E-state index is 0.251. The fourth-order valence-electron chi connectivity index (χ4n) is 2.29. The first-order chi connectivity index (χ1) is 10.0. The fraction of sp³-hybridized carbons (Fsp3) is 0.333. The average Bonchev–Trinajstić information content (AvgIpc) is 2.48. The zero-order valence-corrected chi connectivity index (χ0v) is 13.2. The van der Waals surface area contributed by atoms with Crippen LogP contribution in [0, 0.1) is 0 Å². The number of aromatic nitrogens is 2. The highest BCUT2D eigenvalue weighted by Gasteiger charge is 2.18. The molecular formula is C15H20ClN5. The summed E-state index contributed by atoms with van der Waals surface area (Å²) in [6.45, 7) is 4.85. The molecule has 6 heteroatoms. The third kappa shape index (κ3) is 3.43. The minimum absolute atomic E-state index is 0.251. The molecular weight excluding hydrogens is 286 g/mol. The fourth-order valence-corrected chi connectivity index (χ4v) is 2.49. The first-order valence-corrected chi connectivity index (χ1v) is 7.18. The van der Waals surface area contributed by atoms with Crippen LogP contribution in [0.25, 0.3) is 0 Å². The van der Waals surface area contributed by atoms with Crippen molar-refractivity contribution in [3.05, 3.63) is 46.7 Å². The first-order valence-electron chi connectivity index (χ1n) is 6.80. The molecule has 2 aromatic rings. The van der Waals surface area contributed by atoms with Crippen LogP contribution in [0.15, 0.2) is 30.6 Å². The Labute approximate surface area is 130 Å². The predicted molar refractivity (Wildman–Crippen MR) is 87.5 cm³/mol. The Hall–Kier alpha value is -1.85. The SMILES string of the molecule is CC(C)c1c(NN)ncnc1N(C)Cc1ccccc1Cl. The van der Waals surface area contributed by atoms with E-state index in [9.17, 15) is 0 Å². The van der Waals surface area contributed by atoms with Crippen molar-refractivity contribution in [3.8, 4) is 0 Å². The maximum Gasteiger partial charge on any atom is 0.148 e. The van der Waals surface area contributed by atoms with Crippen LogP contribution in [0.4, 0.5) is 11.6 Å². The number of halogens is 1. The molecule has 112 valence electrons. The van der Waals surface area contributed by atoms with Crippen molar-refractivity contribution in [2.75, 3.05) is 17.4 Å². The van der Waals surface area contributed by atoms with Gasteiger partial charge in [0.25, 0.3) is 0 Å². The van der Waals surface area contributed by atoms with E-state index in [0.29, 0.717) is 12.4 Å². The van der Waals surface area contributed by atoms with E-state index in [1.807, 2.05) is 31.3 Å². The summed E-state index contributed by atoms with van der Waals surface area (Å²) in [7, 11) is 1.98. The molecule has 5 nitrogen and oxygen atoms in total. The second-order valence-corrected chi connectivity index (χ2v) is 5.61. The van der Waals surface area contributed by atoms with Gasteiger partial charge in [-0.05, 0) is 17.5 Å². The second-order valence-electron chi connectivity index (χ2n) is 5.21. The number of nitrogens with two attached hydrogens (primary N) is 1. The third-order valence-corrected chi connectivity index (χ3v) is 3.67. The van der Waals surface area contributed by atoms with Gasteiger partial charge < -0.3 is 10.3 Å². The largest absolute Gasteiger partial charge is 0.355 e. The van der Waals surface area contributed by atoms with Crippen LogP contribution >= 0.6 is 11.6 Å². The van der Waals surface area contributed by atoms with Gasteiger partial charge in [-0.2, -0.15) is 0 Å². The van der Waals surface area contributed by atoms with Gasteiger partial charge in [-0.1, -0.05) is 43.6 Å². The highest BCUT2D eigenvalue weighted by atomic mass is 35.5. The lowest BCUT2D eigenvalue weighted by atomic mass is 10.0. The third-order valence-electron chi connectivity index (χ3n) is 3.30. The molecule has 1 aromatic heterocycles. The van der Waals surface area contributed by atoms with Gasteiger partial charge in [0.2, 0.25) is 0 Å². The number of benzene rings is 1. The number of nitrogen functional groups attached to an aromatic ring is 1. The summed E-state index contributed by atoms with van der Waals surface area (Å²) in [5, 5.41) is 0.752. The molecule has 0 atom stereocenters. The Morgan fingerprint density at radius 3 is 2.62 bits per heavy atom. The average molecular weight is 306 g/mol. The topological polar surface area (TPSA) is 67.1 Å². The lowest BCUT2D eigenvalue weighted by Gasteiger charge is -2.24. The van der Waals surface area contributed by atoms with Crippen molar-refractivity contribution in [1.29, 1.82) is 0 Å². The molecule has 0 saturated carbocycles. The lowest BCUT2D eigenvalue weighted by molar-refractivity contribution is 0.809. The predicted octanol–water partition coefficient (Wildman–Crippen LogP) is 3.18. The van der Waals surface area contributed by atoms with Crippen LogP contribution in [0.3, 0.4) is 0 Å². The summed E-state index contributed by atoms with van der Waals surface area (Å²) >= 11 is 6.22. The molecule has 0 fully saturated rings. The monoisotopic (exact) mass is 305 g/mol. The van der Waals surface area contributed by atoms with Crippen LogP contribution in [0.2, 0.25) is 5.02 Å². The van der Waals surface area contributed by atoms with Crippen molar-refractivity contribution in [1.82, 2.24) is 9.97 Å². The van der Waals surface area contributed by atoms with Gasteiger partial charge in [-0.3, -0.25) is 0 Å². The van der Waals surface area contributed by atoms with Crippen molar-refractivity contribution >= 4 is 23.2 Å². The van der Waals surface area contributed by atoms with Crippen LogP contribution in [0.5, 0.6) is 0 Å². The number of nitrogens with one attached hydrogen (secondary N) is 1. The summed E-state index contributed by atoms with van der Waals surface area (Å²) in [4.78, 5) is 10.7. The maximum atomic E-state index is 6.22. The summed E-state index contributed by atoms with van der Waals surface area (Å²) in [5.74, 6) is 7.31. The number of hydrazine groups is 1. The normalized spacial score (nSPS) is 10.8. The Morgan fingerprint density at radius 2 is 2.00 bits per heavy atom. The van der Waals surface area contributed by atoms with E-state index >= 15 is 0 Å². The molecule has 3 N–H and O–H groups in total. The molecule has 0 amide bonds. The van der Waals surface area contributed by atoms with Gasteiger partial charge in [0.15, 0.2) is 0 Å². The Bertz CT molecular complexity index is 615. The van der Waals surface area contributed by atoms with Gasteiger partial charge >= 0.3 is 0 Å². The van der Waals surface area contributed by atoms with E-state index in [1.54, 1.807) is 0 Å². The smallest absolute Gasteiger partial charge is 0.148 e. The summed E-state index contributed by atoms with van der Waals surface area (Å²) in [6, 6.07) is 7.80.